The van der Waals surface area contributed by atoms with Gasteiger partial charge in [0.1, 0.15) is 5.69 Å². The summed E-state index contributed by atoms with van der Waals surface area (Å²) in [4.78, 5) is 32.2. The number of rotatable bonds is 6. The van der Waals surface area contributed by atoms with Crippen LogP contribution in [-0.4, -0.2) is 28.5 Å². The molecule has 1 aliphatic carbocycles. The molecule has 30 heavy (non-hydrogen) atoms. The fourth-order valence-corrected chi connectivity index (χ4v) is 4.61. The number of carbonyl (C=O) groups excluding carboxylic acids is 2. The van der Waals surface area contributed by atoms with Gasteiger partial charge in [-0.1, -0.05) is 23.7 Å². The standard InChI is InChI=1S/C23H28ClN3O3/c1-4-30-20(28)11-15-5-7-16(8-6-15)18-10-9-17(12-19(18)24)21-13(2)26-14(3)22(27-21)23(25)29/h9-10,12,15-16H,4-8,11H2,1-3H3,(H2,25,29)/t15-,16-. The number of ether oxygens (including phenoxy) is 1. The van der Waals surface area contributed by atoms with E-state index in [1.807, 2.05) is 32.0 Å². The maximum atomic E-state index is 11.7. The molecule has 0 unspecified atom stereocenters. The molecule has 6 nitrogen and oxygen atoms in total. The van der Waals surface area contributed by atoms with Crippen LogP contribution in [0, 0.1) is 19.8 Å². The zero-order valence-corrected chi connectivity index (χ0v) is 18.5. The molecular weight excluding hydrogens is 402 g/mol. The number of halogens is 1. The molecule has 0 saturated heterocycles. The molecule has 1 saturated carbocycles. The van der Waals surface area contributed by atoms with E-state index in [1.54, 1.807) is 6.92 Å². The minimum Gasteiger partial charge on any atom is -0.466 e. The number of carbonyl (C=O) groups is 2. The van der Waals surface area contributed by atoms with E-state index in [1.165, 1.54) is 0 Å². The Kier molecular flexibility index (Phi) is 7.08. The molecule has 1 aliphatic rings. The second-order valence-corrected chi connectivity index (χ2v) is 8.33. The Hall–Kier alpha value is -2.47. The summed E-state index contributed by atoms with van der Waals surface area (Å²) in [6, 6.07) is 5.90. The Morgan fingerprint density at radius 3 is 2.43 bits per heavy atom. The maximum Gasteiger partial charge on any atom is 0.306 e. The van der Waals surface area contributed by atoms with E-state index in [2.05, 4.69) is 9.97 Å². The van der Waals surface area contributed by atoms with Crippen LogP contribution < -0.4 is 5.73 Å². The predicted octanol–water partition coefficient (Wildman–Crippen LogP) is 4.74. The van der Waals surface area contributed by atoms with Crippen LogP contribution in [0.4, 0.5) is 0 Å². The molecule has 1 aromatic carbocycles. The third-order valence-corrected chi connectivity index (χ3v) is 6.13. The smallest absolute Gasteiger partial charge is 0.306 e. The van der Waals surface area contributed by atoms with Crippen LogP contribution in [-0.2, 0) is 9.53 Å². The minimum absolute atomic E-state index is 0.103. The van der Waals surface area contributed by atoms with Crippen molar-refractivity contribution in [1.82, 2.24) is 9.97 Å². The highest BCUT2D eigenvalue weighted by Crippen LogP contribution is 2.40. The number of amides is 1. The maximum absolute atomic E-state index is 11.7. The highest BCUT2D eigenvalue weighted by atomic mass is 35.5. The molecular formula is C23H28ClN3O3. The number of hydrogen-bond donors (Lipinski definition) is 1. The van der Waals surface area contributed by atoms with E-state index >= 15 is 0 Å². The van der Waals surface area contributed by atoms with Gasteiger partial charge >= 0.3 is 5.97 Å². The summed E-state index contributed by atoms with van der Waals surface area (Å²) in [7, 11) is 0. The molecule has 1 fully saturated rings. The lowest BCUT2D eigenvalue weighted by atomic mass is 9.77. The van der Waals surface area contributed by atoms with E-state index in [0.717, 1.165) is 42.5 Å². The molecule has 0 atom stereocenters. The van der Waals surface area contributed by atoms with Gasteiger partial charge in [-0.15, -0.1) is 0 Å². The number of nitrogens with two attached hydrogens (primary N) is 1. The zero-order chi connectivity index (χ0) is 21.8. The average molecular weight is 430 g/mol. The van der Waals surface area contributed by atoms with Gasteiger partial charge in [-0.05, 0) is 69.9 Å². The Balaban J connectivity index is 1.75. The Labute approximate surface area is 182 Å². The number of aryl methyl sites for hydroxylation is 2. The quantitative estimate of drug-likeness (QED) is 0.669. The lowest BCUT2D eigenvalue weighted by molar-refractivity contribution is -0.144. The second-order valence-electron chi connectivity index (χ2n) is 7.92. The molecule has 2 N–H and O–H groups in total. The number of aromatic nitrogens is 2. The van der Waals surface area contributed by atoms with E-state index in [-0.39, 0.29) is 11.7 Å². The van der Waals surface area contributed by atoms with Crippen molar-refractivity contribution in [3.05, 3.63) is 45.9 Å². The van der Waals surface area contributed by atoms with E-state index in [0.29, 0.717) is 41.3 Å². The van der Waals surface area contributed by atoms with Crippen LogP contribution in [0.1, 0.15) is 72.4 Å². The first-order chi connectivity index (χ1) is 14.3. The summed E-state index contributed by atoms with van der Waals surface area (Å²) in [6.45, 7) is 5.84. The van der Waals surface area contributed by atoms with Crippen molar-refractivity contribution in [2.75, 3.05) is 6.61 Å². The predicted molar refractivity (Wildman–Crippen MR) is 116 cm³/mol. The summed E-state index contributed by atoms with van der Waals surface area (Å²) in [5.41, 5.74) is 9.38. The van der Waals surface area contributed by atoms with E-state index in [4.69, 9.17) is 22.1 Å². The van der Waals surface area contributed by atoms with Crippen LogP contribution in [0.25, 0.3) is 11.3 Å². The van der Waals surface area contributed by atoms with E-state index < -0.39 is 5.91 Å². The molecule has 1 heterocycles. The van der Waals surface area contributed by atoms with Gasteiger partial charge in [0.25, 0.3) is 5.91 Å². The van der Waals surface area contributed by atoms with Gasteiger partial charge in [0, 0.05) is 17.0 Å². The monoisotopic (exact) mass is 429 g/mol. The summed E-state index contributed by atoms with van der Waals surface area (Å²) < 4.78 is 5.07. The average Bonchev–Trinajstić information content (AvgIpc) is 2.68. The first kappa shape index (κ1) is 22.2. The van der Waals surface area contributed by atoms with Crippen molar-refractivity contribution >= 4 is 23.5 Å². The molecule has 0 radical (unpaired) electrons. The van der Waals surface area contributed by atoms with Gasteiger partial charge in [-0.3, -0.25) is 14.6 Å². The SMILES string of the molecule is CCOC(=O)C[C@H]1CC[C@H](c2ccc(-c3nc(C(N)=O)c(C)nc3C)cc2Cl)CC1. The fraction of sp³-hybridized carbons (Fsp3) is 0.478. The Bertz CT molecular complexity index is 953. The van der Waals surface area contributed by atoms with Crippen molar-refractivity contribution in [2.45, 2.75) is 58.8 Å². The number of esters is 1. The largest absolute Gasteiger partial charge is 0.466 e. The molecule has 0 spiro atoms. The molecule has 160 valence electrons. The number of primary amides is 1. The van der Waals surface area contributed by atoms with Gasteiger partial charge < -0.3 is 10.5 Å². The van der Waals surface area contributed by atoms with Crippen LogP contribution in [0.15, 0.2) is 18.2 Å². The van der Waals surface area contributed by atoms with Crippen LogP contribution in [0.5, 0.6) is 0 Å². The molecule has 1 amide bonds. The first-order valence-electron chi connectivity index (χ1n) is 10.4. The Morgan fingerprint density at radius 2 is 1.83 bits per heavy atom. The summed E-state index contributed by atoms with van der Waals surface area (Å²) in [6.07, 6.45) is 4.48. The molecule has 1 aromatic heterocycles. The topological polar surface area (TPSA) is 95.2 Å². The van der Waals surface area contributed by atoms with Crippen LogP contribution in [0.3, 0.4) is 0 Å². The highest BCUT2D eigenvalue weighted by Gasteiger charge is 2.26. The van der Waals surface area contributed by atoms with Crippen molar-refractivity contribution in [1.29, 1.82) is 0 Å². The third kappa shape index (κ3) is 4.98. The first-order valence-corrected chi connectivity index (χ1v) is 10.8. The number of benzene rings is 1. The summed E-state index contributed by atoms with van der Waals surface area (Å²) in [5.74, 6) is 0.0595. The van der Waals surface area contributed by atoms with Crippen molar-refractivity contribution in [2.24, 2.45) is 11.7 Å². The Morgan fingerprint density at radius 1 is 1.13 bits per heavy atom. The third-order valence-electron chi connectivity index (χ3n) is 5.80. The van der Waals surface area contributed by atoms with Gasteiger partial charge in [-0.25, -0.2) is 4.98 Å². The van der Waals surface area contributed by atoms with Crippen molar-refractivity contribution < 1.29 is 14.3 Å². The summed E-state index contributed by atoms with van der Waals surface area (Å²) in [5, 5.41) is 0.684. The number of hydrogen-bond acceptors (Lipinski definition) is 5. The van der Waals surface area contributed by atoms with Crippen LogP contribution in [0.2, 0.25) is 5.02 Å². The lowest BCUT2D eigenvalue weighted by Crippen LogP contribution is -2.18. The normalized spacial score (nSPS) is 18.8. The molecule has 7 heteroatoms. The molecule has 2 aromatic rings. The van der Waals surface area contributed by atoms with Gasteiger partial charge in [-0.2, -0.15) is 0 Å². The van der Waals surface area contributed by atoms with Gasteiger partial charge in [0.15, 0.2) is 0 Å². The van der Waals surface area contributed by atoms with Crippen LogP contribution >= 0.6 is 11.6 Å². The van der Waals surface area contributed by atoms with Gasteiger partial charge in [0.05, 0.1) is 23.7 Å². The van der Waals surface area contributed by atoms with E-state index in [9.17, 15) is 9.59 Å². The molecule has 3 rings (SSSR count). The number of nitrogens with zero attached hydrogens (tertiary/aromatic N) is 2. The minimum atomic E-state index is -0.594. The second kappa shape index (κ2) is 9.56. The molecule has 0 aliphatic heterocycles. The molecule has 0 bridgehead atoms. The fourth-order valence-electron chi connectivity index (χ4n) is 4.28. The highest BCUT2D eigenvalue weighted by molar-refractivity contribution is 6.31. The zero-order valence-electron chi connectivity index (χ0n) is 17.7. The van der Waals surface area contributed by atoms with Crippen molar-refractivity contribution in [3.63, 3.8) is 0 Å². The lowest BCUT2D eigenvalue weighted by Gasteiger charge is -2.29. The van der Waals surface area contributed by atoms with Crippen molar-refractivity contribution in [3.8, 4) is 11.3 Å². The summed E-state index contributed by atoms with van der Waals surface area (Å²) >= 11 is 6.65. The van der Waals surface area contributed by atoms with Gasteiger partial charge in [0.2, 0.25) is 0 Å².